The summed E-state index contributed by atoms with van der Waals surface area (Å²) < 4.78 is 1.95. The van der Waals surface area contributed by atoms with E-state index in [4.69, 9.17) is 0 Å². The summed E-state index contributed by atoms with van der Waals surface area (Å²) >= 11 is 0. The average Bonchev–Trinajstić information content (AvgIpc) is 3.14. The fourth-order valence-electron chi connectivity index (χ4n) is 2.14. The van der Waals surface area contributed by atoms with E-state index in [2.05, 4.69) is 48.3 Å². The number of rotatable bonds is 4. The fourth-order valence-corrected chi connectivity index (χ4v) is 2.14. The number of nitrogens with one attached hydrogen (secondary N) is 1. The van der Waals surface area contributed by atoms with Gasteiger partial charge in [0.05, 0.1) is 17.1 Å². The lowest BCUT2D eigenvalue weighted by atomic mass is 10.1. The van der Waals surface area contributed by atoms with Crippen LogP contribution in [0.5, 0.6) is 0 Å². The van der Waals surface area contributed by atoms with Crippen molar-refractivity contribution in [2.75, 3.05) is 0 Å². The second-order valence-electron chi connectivity index (χ2n) is 6.57. The molecule has 20 heavy (non-hydrogen) atoms. The molecule has 0 bridgehead atoms. The summed E-state index contributed by atoms with van der Waals surface area (Å²) in [6.07, 6.45) is 6.47. The van der Waals surface area contributed by atoms with Crippen molar-refractivity contribution in [3.8, 4) is 5.69 Å². The standard InChI is InChI=1S/C16H22N4/c1-16(2,3)18-11-13-10-14(6-8-17-13)20-9-7-15(19-20)12-4-5-12/h6-10,12,18H,4-5,11H2,1-3H3. The second-order valence-corrected chi connectivity index (χ2v) is 6.57. The Balaban J connectivity index is 1.75. The van der Waals surface area contributed by atoms with Crippen LogP contribution in [0.4, 0.5) is 0 Å². The van der Waals surface area contributed by atoms with Crippen molar-refractivity contribution in [1.29, 1.82) is 0 Å². The summed E-state index contributed by atoms with van der Waals surface area (Å²) in [7, 11) is 0. The number of hydrogen-bond acceptors (Lipinski definition) is 3. The molecule has 0 radical (unpaired) electrons. The molecule has 1 aliphatic carbocycles. The van der Waals surface area contributed by atoms with Gasteiger partial charge in [0.1, 0.15) is 0 Å². The zero-order chi connectivity index (χ0) is 14.2. The maximum Gasteiger partial charge on any atom is 0.0679 e. The molecule has 2 heterocycles. The summed E-state index contributed by atoms with van der Waals surface area (Å²) in [6.45, 7) is 7.25. The lowest BCUT2D eigenvalue weighted by Gasteiger charge is -2.20. The second kappa shape index (κ2) is 5.02. The van der Waals surface area contributed by atoms with Crippen LogP contribution in [-0.2, 0) is 6.54 Å². The molecule has 0 spiro atoms. The van der Waals surface area contributed by atoms with Crippen LogP contribution in [0.25, 0.3) is 5.69 Å². The first-order valence-electron chi connectivity index (χ1n) is 7.27. The van der Waals surface area contributed by atoms with Crippen molar-refractivity contribution >= 4 is 0 Å². The molecular weight excluding hydrogens is 248 g/mol. The molecule has 4 heteroatoms. The first kappa shape index (κ1) is 13.3. The highest BCUT2D eigenvalue weighted by Crippen LogP contribution is 2.39. The van der Waals surface area contributed by atoms with Gasteiger partial charge in [0, 0.05) is 30.4 Å². The Morgan fingerprint density at radius 1 is 1.30 bits per heavy atom. The Morgan fingerprint density at radius 3 is 2.80 bits per heavy atom. The molecule has 2 aromatic rings. The Kier molecular flexibility index (Phi) is 3.34. The molecule has 3 rings (SSSR count). The maximum atomic E-state index is 4.66. The zero-order valence-electron chi connectivity index (χ0n) is 12.4. The quantitative estimate of drug-likeness (QED) is 0.928. The van der Waals surface area contributed by atoms with E-state index in [1.807, 2.05) is 23.1 Å². The molecule has 0 unspecified atom stereocenters. The number of hydrogen-bond donors (Lipinski definition) is 1. The van der Waals surface area contributed by atoms with Crippen LogP contribution < -0.4 is 5.32 Å². The third-order valence-corrected chi connectivity index (χ3v) is 3.47. The van der Waals surface area contributed by atoms with Crippen LogP contribution in [0, 0.1) is 0 Å². The van der Waals surface area contributed by atoms with Crippen molar-refractivity contribution in [3.05, 3.63) is 42.0 Å². The molecule has 0 amide bonds. The number of pyridine rings is 1. The number of aromatic nitrogens is 3. The molecule has 1 aliphatic rings. The van der Waals surface area contributed by atoms with Gasteiger partial charge in [0.15, 0.2) is 0 Å². The molecule has 1 N–H and O–H groups in total. The van der Waals surface area contributed by atoms with Gasteiger partial charge >= 0.3 is 0 Å². The van der Waals surface area contributed by atoms with E-state index in [0.717, 1.165) is 17.9 Å². The van der Waals surface area contributed by atoms with Gasteiger partial charge in [-0.15, -0.1) is 0 Å². The van der Waals surface area contributed by atoms with Gasteiger partial charge in [0.2, 0.25) is 0 Å². The molecular formula is C16H22N4. The fraction of sp³-hybridized carbons (Fsp3) is 0.500. The predicted octanol–water partition coefficient (Wildman–Crippen LogP) is 3.03. The first-order chi connectivity index (χ1) is 9.51. The minimum Gasteiger partial charge on any atom is -0.306 e. The summed E-state index contributed by atoms with van der Waals surface area (Å²) in [4.78, 5) is 4.42. The van der Waals surface area contributed by atoms with E-state index < -0.39 is 0 Å². The monoisotopic (exact) mass is 270 g/mol. The number of nitrogens with zero attached hydrogens (tertiary/aromatic N) is 3. The lowest BCUT2D eigenvalue weighted by Crippen LogP contribution is -2.35. The van der Waals surface area contributed by atoms with Gasteiger partial charge in [-0.05, 0) is 51.8 Å². The highest BCUT2D eigenvalue weighted by molar-refractivity contribution is 5.32. The summed E-state index contributed by atoms with van der Waals surface area (Å²) in [5, 5.41) is 8.12. The molecule has 1 saturated carbocycles. The van der Waals surface area contributed by atoms with E-state index in [-0.39, 0.29) is 5.54 Å². The zero-order valence-corrected chi connectivity index (χ0v) is 12.4. The SMILES string of the molecule is CC(C)(C)NCc1cc(-n2ccc(C3CC3)n2)ccn1. The third-order valence-electron chi connectivity index (χ3n) is 3.47. The normalized spacial score (nSPS) is 15.6. The van der Waals surface area contributed by atoms with E-state index in [9.17, 15) is 0 Å². The summed E-state index contributed by atoms with van der Waals surface area (Å²) in [5.41, 5.74) is 3.44. The van der Waals surface area contributed by atoms with Gasteiger partial charge in [-0.2, -0.15) is 5.10 Å². The van der Waals surface area contributed by atoms with Crippen LogP contribution >= 0.6 is 0 Å². The predicted molar refractivity (Wildman–Crippen MR) is 79.9 cm³/mol. The maximum absolute atomic E-state index is 4.66. The largest absolute Gasteiger partial charge is 0.306 e. The minimum absolute atomic E-state index is 0.0997. The highest BCUT2D eigenvalue weighted by Gasteiger charge is 2.25. The Morgan fingerprint density at radius 2 is 2.10 bits per heavy atom. The Labute approximate surface area is 120 Å². The first-order valence-corrected chi connectivity index (χ1v) is 7.27. The molecule has 0 aliphatic heterocycles. The highest BCUT2D eigenvalue weighted by atomic mass is 15.3. The summed E-state index contributed by atoms with van der Waals surface area (Å²) in [6, 6.07) is 6.23. The van der Waals surface area contributed by atoms with Crippen molar-refractivity contribution < 1.29 is 0 Å². The van der Waals surface area contributed by atoms with Crippen molar-refractivity contribution in [2.45, 2.75) is 51.6 Å². The summed E-state index contributed by atoms with van der Waals surface area (Å²) in [5.74, 6) is 0.695. The smallest absolute Gasteiger partial charge is 0.0679 e. The van der Waals surface area contributed by atoms with Crippen LogP contribution in [0.2, 0.25) is 0 Å². The topological polar surface area (TPSA) is 42.7 Å². The average molecular weight is 270 g/mol. The van der Waals surface area contributed by atoms with Gasteiger partial charge in [-0.25, -0.2) is 4.68 Å². The molecule has 1 fully saturated rings. The lowest BCUT2D eigenvalue weighted by molar-refractivity contribution is 0.421. The van der Waals surface area contributed by atoms with Crippen LogP contribution in [-0.4, -0.2) is 20.3 Å². The van der Waals surface area contributed by atoms with Crippen molar-refractivity contribution in [2.24, 2.45) is 0 Å². The van der Waals surface area contributed by atoms with E-state index in [0.29, 0.717) is 5.92 Å². The Hall–Kier alpha value is -1.68. The van der Waals surface area contributed by atoms with E-state index in [1.54, 1.807) is 0 Å². The van der Waals surface area contributed by atoms with Gasteiger partial charge in [-0.3, -0.25) is 4.98 Å². The Bertz CT molecular complexity index is 591. The van der Waals surface area contributed by atoms with Crippen LogP contribution in [0.15, 0.2) is 30.6 Å². The van der Waals surface area contributed by atoms with Crippen molar-refractivity contribution in [3.63, 3.8) is 0 Å². The molecule has 0 saturated heterocycles. The van der Waals surface area contributed by atoms with Gasteiger partial charge < -0.3 is 5.32 Å². The molecule has 0 atom stereocenters. The van der Waals surface area contributed by atoms with E-state index in [1.165, 1.54) is 18.5 Å². The van der Waals surface area contributed by atoms with E-state index >= 15 is 0 Å². The van der Waals surface area contributed by atoms with Gasteiger partial charge in [-0.1, -0.05) is 0 Å². The van der Waals surface area contributed by atoms with Crippen LogP contribution in [0.1, 0.15) is 50.9 Å². The molecule has 2 aromatic heterocycles. The molecule has 106 valence electrons. The molecule has 4 nitrogen and oxygen atoms in total. The minimum atomic E-state index is 0.0997. The third kappa shape index (κ3) is 3.25. The van der Waals surface area contributed by atoms with Gasteiger partial charge in [0.25, 0.3) is 0 Å². The molecule has 0 aromatic carbocycles. The van der Waals surface area contributed by atoms with Crippen LogP contribution in [0.3, 0.4) is 0 Å². The van der Waals surface area contributed by atoms with Crippen molar-refractivity contribution in [1.82, 2.24) is 20.1 Å².